The largest absolute Gasteiger partial charge is 0.490 e. The van der Waals surface area contributed by atoms with Gasteiger partial charge < -0.3 is 19.2 Å². The van der Waals surface area contributed by atoms with Crippen molar-refractivity contribution in [3.05, 3.63) is 59.2 Å². The summed E-state index contributed by atoms with van der Waals surface area (Å²) >= 11 is 1.79. The molecule has 4 aromatic rings. The molecule has 0 amide bonds. The number of hydrogen-bond donors (Lipinski definition) is 1. The molecule has 1 aliphatic rings. The van der Waals surface area contributed by atoms with Gasteiger partial charge in [-0.3, -0.25) is 0 Å². The molecule has 4 heterocycles. The summed E-state index contributed by atoms with van der Waals surface area (Å²) in [6.45, 7) is 5.30. The van der Waals surface area contributed by atoms with Crippen LogP contribution in [-0.2, 0) is 26.4 Å². The monoisotopic (exact) mass is 448 g/mol. The quantitative estimate of drug-likeness (QED) is 0.391. The molecule has 3 aromatic heterocycles. The normalized spacial score (nSPS) is 14.9. The fraction of sp³-hybridized carbons (Fsp3) is 0.423. The van der Waals surface area contributed by atoms with Crippen molar-refractivity contribution in [2.24, 2.45) is 7.05 Å². The molecule has 0 unspecified atom stereocenters. The van der Waals surface area contributed by atoms with Crippen molar-refractivity contribution in [3.8, 4) is 17.3 Å². The van der Waals surface area contributed by atoms with E-state index in [1.807, 2.05) is 6.20 Å². The Bertz CT molecular complexity index is 1160. The minimum atomic E-state index is 0.349. The van der Waals surface area contributed by atoms with Gasteiger partial charge in [0.25, 0.3) is 0 Å². The summed E-state index contributed by atoms with van der Waals surface area (Å²) in [6, 6.07) is 13.2. The third-order valence-corrected chi connectivity index (χ3v) is 7.41. The Hall–Kier alpha value is -2.57. The van der Waals surface area contributed by atoms with Crippen LogP contribution in [0.4, 0.5) is 0 Å². The topological polar surface area (TPSA) is 44.0 Å². The third-order valence-electron chi connectivity index (χ3n) is 6.55. The zero-order valence-electron chi connectivity index (χ0n) is 19.0. The molecule has 5 nitrogen and oxygen atoms in total. The average Bonchev–Trinajstić information content (AvgIpc) is 3.52. The summed E-state index contributed by atoms with van der Waals surface area (Å²) in [5.74, 6) is 2.08. The molecule has 6 heteroatoms. The lowest BCUT2D eigenvalue weighted by atomic mass is 10.1. The maximum Gasteiger partial charge on any atom is 0.156 e. The van der Waals surface area contributed by atoms with Gasteiger partial charge in [0.2, 0.25) is 0 Å². The number of aromatic nitrogens is 3. The summed E-state index contributed by atoms with van der Waals surface area (Å²) < 4.78 is 12.1. The molecule has 1 fully saturated rings. The molecule has 1 aliphatic heterocycles. The molecule has 0 radical (unpaired) electrons. The van der Waals surface area contributed by atoms with Gasteiger partial charge in [-0.15, -0.1) is 11.3 Å². The van der Waals surface area contributed by atoms with Gasteiger partial charge in [0.1, 0.15) is 11.9 Å². The van der Waals surface area contributed by atoms with Gasteiger partial charge in [0.05, 0.1) is 15.9 Å². The second-order valence-electron chi connectivity index (χ2n) is 8.65. The third kappa shape index (κ3) is 4.34. The van der Waals surface area contributed by atoms with Crippen LogP contribution >= 0.6 is 11.3 Å². The summed E-state index contributed by atoms with van der Waals surface area (Å²) in [4.78, 5) is 4.81. The van der Waals surface area contributed by atoms with E-state index in [1.165, 1.54) is 27.2 Å². The van der Waals surface area contributed by atoms with E-state index in [2.05, 4.69) is 70.2 Å². The van der Waals surface area contributed by atoms with Crippen LogP contribution in [0.25, 0.3) is 21.7 Å². The number of thiophene rings is 1. The number of benzene rings is 1. The lowest BCUT2D eigenvalue weighted by Gasteiger charge is -2.23. The Balaban J connectivity index is 1.24. The fourth-order valence-electron chi connectivity index (χ4n) is 4.69. The fourth-order valence-corrected chi connectivity index (χ4v) is 5.54. The van der Waals surface area contributed by atoms with Crippen LogP contribution in [0.5, 0.6) is 5.75 Å². The molecule has 0 bridgehead atoms. The number of ether oxygens (including phenoxy) is 1. The Kier molecular flexibility index (Phi) is 6.32. The zero-order valence-corrected chi connectivity index (χ0v) is 19.8. The van der Waals surface area contributed by atoms with E-state index in [9.17, 15) is 0 Å². The number of nitrogens with zero attached hydrogens (tertiary/aromatic N) is 3. The zero-order chi connectivity index (χ0) is 21.9. The molecule has 32 heavy (non-hydrogen) atoms. The van der Waals surface area contributed by atoms with E-state index in [-0.39, 0.29) is 0 Å². The molecule has 1 N–H and O–H groups in total. The minimum Gasteiger partial charge on any atom is -0.490 e. The standard InChI is InChI=1S/C26H32N4OS/c1-3-20-18-28-26(24-17-25-23(29(24)2)12-16-32-25)30(20)15-4-5-19-6-8-21(9-7-19)31-22-10-13-27-14-11-22/h6-9,12,16-18,22,27H,3-5,10-11,13-15H2,1-2H3. The number of rotatable bonds is 8. The second kappa shape index (κ2) is 9.51. The van der Waals surface area contributed by atoms with Gasteiger partial charge in [0, 0.05) is 25.5 Å². The van der Waals surface area contributed by atoms with Crippen molar-refractivity contribution in [1.29, 1.82) is 0 Å². The highest BCUT2D eigenvalue weighted by Crippen LogP contribution is 2.30. The second-order valence-corrected chi connectivity index (χ2v) is 9.60. The Morgan fingerprint density at radius 1 is 1.16 bits per heavy atom. The van der Waals surface area contributed by atoms with Gasteiger partial charge in [-0.05, 0) is 80.4 Å². The molecular weight excluding hydrogens is 416 g/mol. The maximum atomic E-state index is 6.14. The summed E-state index contributed by atoms with van der Waals surface area (Å²) in [7, 11) is 2.14. The number of fused-ring (bicyclic) bond motifs is 1. The van der Waals surface area contributed by atoms with Crippen molar-refractivity contribution in [2.75, 3.05) is 13.1 Å². The van der Waals surface area contributed by atoms with Crippen LogP contribution in [0.15, 0.2) is 48.0 Å². The number of hydrogen-bond acceptors (Lipinski definition) is 4. The highest BCUT2D eigenvalue weighted by atomic mass is 32.1. The van der Waals surface area contributed by atoms with Crippen LogP contribution in [0.1, 0.15) is 37.4 Å². The number of nitrogens with one attached hydrogen (secondary N) is 1. The summed E-state index contributed by atoms with van der Waals surface area (Å²) in [5.41, 5.74) is 5.15. The van der Waals surface area contributed by atoms with E-state index in [1.54, 1.807) is 11.3 Å². The minimum absolute atomic E-state index is 0.349. The number of imidazole rings is 1. The lowest BCUT2D eigenvalue weighted by molar-refractivity contribution is 0.162. The van der Waals surface area contributed by atoms with Crippen molar-refractivity contribution in [2.45, 2.75) is 51.7 Å². The van der Waals surface area contributed by atoms with Crippen LogP contribution < -0.4 is 10.1 Å². The van der Waals surface area contributed by atoms with Gasteiger partial charge in [-0.2, -0.15) is 0 Å². The van der Waals surface area contributed by atoms with Crippen LogP contribution in [-0.4, -0.2) is 33.3 Å². The van der Waals surface area contributed by atoms with E-state index >= 15 is 0 Å². The molecule has 5 rings (SSSR count). The van der Waals surface area contributed by atoms with Gasteiger partial charge in [-0.1, -0.05) is 19.1 Å². The highest BCUT2D eigenvalue weighted by molar-refractivity contribution is 7.17. The van der Waals surface area contributed by atoms with E-state index in [0.717, 1.165) is 63.3 Å². The van der Waals surface area contributed by atoms with E-state index < -0.39 is 0 Å². The first kappa shape index (κ1) is 21.3. The molecule has 1 aromatic carbocycles. The molecular formula is C26H32N4OS. The molecule has 0 aliphatic carbocycles. The summed E-state index contributed by atoms with van der Waals surface area (Å²) in [6.07, 6.45) is 7.71. The van der Waals surface area contributed by atoms with Gasteiger partial charge in [0.15, 0.2) is 5.82 Å². The smallest absolute Gasteiger partial charge is 0.156 e. The SMILES string of the molecule is CCc1cnc(-c2cc3sccc3n2C)n1CCCc1ccc(OC2CCNCC2)cc1. The lowest BCUT2D eigenvalue weighted by Crippen LogP contribution is -2.34. The predicted octanol–water partition coefficient (Wildman–Crippen LogP) is 5.43. The van der Waals surface area contributed by atoms with Gasteiger partial charge >= 0.3 is 0 Å². The van der Waals surface area contributed by atoms with E-state index in [0.29, 0.717) is 6.10 Å². The first-order valence-corrected chi connectivity index (χ1v) is 12.6. The van der Waals surface area contributed by atoms with Gasteiger partial charge in [-0.25, -0.2) is 4.98 Å². The van der Waals surface area contributed by atoms with Crippen molar-refractivity contribution < 1.29 is 4.74 Å². The Labute approximate surface area is 194 Å². The molecule has 0 spiro atoms. The van der Waals surface area contributed by atoms with E-state index in [4.69, 9.17) is 9.72 Å². The molecule has 1 saturated heterocycles. The molecule has 168 valence electrons. The Morgan fingerprint density at radius 3 is 2.72 bits per heavy atom. The first-order chi connectivity index (χ1) is 15.7. The molecule has 0 atom stereocenters. The van der Waals surface area contributed by atoms with Crippen molar-refractivity contribution in [1.82, 2.24) is 19.4 Å². The maximum absolute atomic E-state index is 6.14. The Morgan fingerprint density at radius 2 is 1.97 bits per heavy atom. The summed E-state index contributed by atoms with van der Waals surface area (Å²) in [5, 5.41) is 5.54. The number of piperidine rings is 1. The predicted molar refractivity (Wildman–Crippen MR) is 133 cm³/mol. The average molecular weight is 449 g/mol. The highest BCUT2D eigenvalue weighted by Gasteiger charge is 2.17. The molecule has 0 saturated carbocycles. The van der Waals surface area contributed by atoms with Crippen LogP contribution in [0, 0.1) is 0 Å². The van der Waals surface area contributed by atoms with Crippen LogP contribution in [0.3, 0.4) is 0 Å². The van der Waals surface area contributed by atoms with Crippen LogP contribution in [0.2, 0.25) is 0 Å². The first-order valence-electron chi connectivity index (χ1n) is 11.8. The van der Waals surface area contributed by atoms with Crippen molar-refractivity contribution >= 4 is 21.6 Å². The van der Waals surface area contributed by atoms with Crippen molar-refractivity contribution in [3.63, 3.8) is 0 Å². The number of aryl methyl sites for hydroxylation is 3.